The van der Waals surface area contributed by atoms with E-state index in [9.17, 15) is 9.59 Å². The third-order valence-electron chi connectivity index (χ3n) is 3.77. The molecule has 0 radical (unpaired) electrons. The van der Waals surface area contributed by atoms with Gasteiger partial charge < -0.3 is 16.2 Å². The van der Waals surface area contributed by atoms with E-state index in [0.717, 1.165) is 16.0 Å². The summed E-state index contributed by atoms with van der Waals surface area (Å²) in [4.78, 5) is 24.6. The molecule has 0 aliphatic carbocycles. The maximum Gasteiger partial charge on any atom is 0.409 e. The van der Waals surface area contributed by atoms with Gasteiger partial charge in [0.25, 0.3) is 5.91 Å². The molecule has 0 atom stereocenters. The Morgan fingerprint density at radius 2 is 1.77 bits per heavy atom. The molecule has 2 aromatic carbocycles. The molecule has 6 nitrogen and oxygen atoms in total. The van der Waals surface area contributed by atoms with E-state index in [0.29, 0.717) is 23.5 Å². The molecule has 0 bridgehead atoms. The van der Waals surface area contributed by atoms with Gasteiger partial charge in [-0.2, -0.15) is 0 Å². The first kappa shape index (κ1) is 17.7. The molecule has 1 heterocycles. The maximum atomic E-state index is 12.5. The Kier molecular flexibility index (Phi) is 5.31. The number of hydrogen-bond donors (Lipinski definition) is 4. The molecule has 1 aromatic heterocycles. The lowest BCUT2D eigenvalue weighted by atomic mass is 10.1. The van der Waals surface area contributed by atoms with Crippen LogP contribution in [0.2, 0.25) is 0 Å². The molecule has 0 spiro atoms. The first-order valence-electron chi connectivity index (χ1n) is 7.85. The summed E-state index contributed by atoms with van der Waals surface area (Å²) in [5.41, 5.74) is 8.55. The Labute approximate surface area is 154 Å². The molecule has 0 aliphatic rings. The smallest absolute Gasteiger partial charge is 0.409 e. The van der Waals surface area contributed by atoms with Crippen LogP contribution in [0.3, 0.4) is 0 Å². The van der Waals surface area contributed by atoms with E-state index in [1.165, 1.54) is 0 Å². The molecule has 0 saturated heterocycles. The highest BCUT2D eigenvalue weighted by molar-refractivity contribution is 7.13. The molecule has 0 aliphatic heterocycles. The van der Waals surface area contributed by atoms with Crippen LogP contribution in [0.4, 0.5) is 16.2 Å². The van der Waals surface area contributed by atoms with Crippen LogP contribution in [0.15, 0.2) is 60.0 Å². The predicted octanol–water partition coefficient (Wildman–Crippen LogP) is 4.22. The fourth-order valence-electron chi connectivity index (χ4n) is 2.45. The summed E-state index contributed by atoms with van der Waals surface area (Å²) in [5, 5.41) is 16.1. The van der Waals surface area contributed by atoms with Crippen LogP contribution >= 0.6 is 11.3 Å². The maximum absolute atomic E-state index is 12.5. The van der Waals surface area contributed by atoms with Crippen molar-refractivity contribution in [3.8, 4) is 10.4 Å². The first-order chi connectivity index (χ1) is 12.6. The van der Waals surface area contributed by atoms with Crippen molar-refractivity contribution in [2.45, 2.75) is 6.54 Å². The largest absolute Gasteiger partial charge is 0.465 e. The average Bonchev–Trinajstić information content (AvgIpc) is 3.17. The van der Waals surface area contributed by atoms with Gasteiger partial charge in [0.2, 0.25) is 0 Å². The molecule has 0 unspecified atom stereocenters. The fourth-order valence-corrected chi connectivity index (χ4v) is 3.18. The molecule has 3 aromatic rings. The van der Waals surface area contributed by atoms with Gasteiger partial charge >= 0.3 is 6.09 Å². The van der Waals surface area contributed by atoms with Gasteiger partial charge in [-0.1, -0.05) is 24.3 Å². The van der Waals surface area contributed by atoms with Gasteiger partial charge in [0.15, 0.2) is 0 Å². The molecule has 0 fully saturated rings. The van der Waals surface area contributed by atoms with Crippen molar-refractivity contribution in [3.63, 3.8) is 0 Å². The highest BCUT2D eigenvalue weighted by atomic mass is 32.1. The SMILES string of the molecule is NCc1ccc(C(=O)Nc2cc(-c3cccs3)ccc2NC(=O)O)cc1. The van der Waals surface area contributed by atoms with Gasteiger partial charge in [0.05, 0.1) is 11.4 Å². The lowest BCUT2D eigenvalue weighted by Gasteiger charge is -2.13. The molecule has 132 valence electrons. The summed E-state index contributed by atoms with van der Waals surface area (Å²) in [5.74, 6) is -0.328. The Bertz CT molecular complexity index is 922. The minimum Gasteiger partial charge on any atom is -0.465 e. The van der Waals surface area contributed by atoms with Crippen LogP contribution in [-0.2, 0) is 6.54 Å². The van der Waals surface area contributed by atoms with Crippen molar-refractivity contribution in [3.05, 3.63) is 71.1 Å². The molecule has 0 saturated carbocycles. The van der Waals surface area contributed by atoms with E-state index in [4.69, 9.17) is 10.8 Å². The molecule has 3 rings (SSSR count). The Hall–Kier alpha value is -3.16. The van der Waals surface area contributed by atoms with Gasteiger partial charge in [0.1, 0.15) is 0 Å². The zero-order valence-electron chi connectivity index (χ0n) is 13.7. The van der Waals surface area contributed by atoms with Crippen LogP contribution in [0.5, 0.6) is 0 Å². The molecular formula is C19H17N3O3S. The number of anilines is 2. The number of benzene rings is 2. The molecule has 7 heteroatoms. The van der Waals surface area contributed by atoms with E-state index in [2.05, 4.69) is 10.6 Å². The number of hydrogen-bond acceptors (Lipinski definition) is 4. The van der Waals surface area contributed by atoms with E-state index in [1.807, 2.05) is 23.6 Å². The van der Waals surface area contributed by atoms with Gasteiger partial charge in [-0.05, 0) is 46.8 Å². The average molecular weight is 367 g/mol. The number of rotatable bonds is 5. The minimum absolute atomic E-state index is 0.310. The summed E-state index contributed by atoms with van der Waals surface area (Å²) >= 11 is 1.56. The molecule has 5 N–H and O–H groups in total. The van der Waals surface area contributed by atoms with Gasteiger partial charge in [-0.25, -0.2) is 4.79 Å². The first-order valence-corrected chi connectivity index (χ1v) is 8.73. The van der Waals surface area contributed by atoms with Crippen LogP contribution in [0.25, 0.3) is 10.4 Å². The van der Waals surface area contributed by atoms with Crippen LogP contribution in [-0.4, -0.2) is 17.1 Å². The quantitative estimate of drug-likeness (QED) is 0.542. The third-order valence-corrected chi connectivity index (χ3v) is 4.69. The second-order valence-electron chi connectivity index (χ2n) is 5.52. The number of amides is 2. The van der Waals surface area contributed by atoms with Crippen molar-refractivity contribution >= 4 is 34.7 Å². The summed E-state index contributed by atoms with van der Waals surface area (Å²) in [7, 11) is 0. The number of carbonyl (C=O) groups is 2. The zero-order chi connectivity index (χ0) is 18.5. The van der Waals surface area contributed by atoms with E-state index in [1.54, 1.807) is 47.7 Å². The highest BCUT2D eigenvalue weighted by Gasteiger charge is 2.13. The Morgan fingerprint density at radius 3 is 2.38 bits per heavy atom. The lowest BCUT2D eigenvalue weighted by molar-refractivity contribution is 0.102. The van der Waals surface area contributed by atoms with Crippen LogP contribution < -0.4 is 16.4 Å². The van der Waals surface area contributed by atoms with Crippen molar-refractivity contribution in [1.29, 1.82) is 0 Å². The monoisotopic (exact) mass is 367 g/mol. The fraction of sp³-hybridized carbons (Fsp3) is 0.0526. The predicted molar refractivity (Wildman–Crippen MR) is 104 cm³/mol. The zero-order valence-corrected chi connectivity index (χ0v) is 14.5. The van der Waals surface area contributed by atoms with Gasteiger partial charge in [-0.3, -0.25) is 10.1 Å². The summed E-state index contributed by atoms with van der Waals surface area (Å²) in [6.07, 6.45) is -1.20. The van der Waals surface area contributed by atoms with Crippen LogP contribution in [0.1, 0.15) is 15.9 Å². The summed E-state index contributed by atoms with van der Waals surface area (Å²) < 4.78 is 0. The standard InChI is InChI=1S/C19H17N3O3S/c20-11-12-3-5-13(6-4-12)18(23)21-16-10-14(17-2-1-9-26-17)7-8-15(16)22-19(24)25/h1-10,22H,11,20H2,(H,21,23)(H,24,25). The minimum atomic E-state index is -1.20. The molecule has 2 amide bonds. The summed E-state index contributed by atoms with van der Waals surface area (Å²) in [6.45, 7) is 0.400. The van der Waals surface area contributed by atoms with Crippen molar-refractivity contribution in [2.24, 2.45) is 5.73 Å². The highest BCUT2D eigenvalue weighted by Crippen LogP contribution is 2.32. The molecule has 26 heavy (non-hydrogen) atoms. The second-order valence-corrected chi connectivity index (χ2v) is 6.47. The Morgan fingerprint density at radius 1 is 1.00 bits per heavy atom. The lowest BCUT2D eigenvalue weighted by Crippen LogP contribution is -2.15. The van der Waals surface area contributed by atoms with Crippen molar-refractivity contribution in [1.82, 2.24) is 0 Å². The van der Waals surface area contributed by atoms with Gasteiger partial charge in [0, 0.05) is 17.0 Å². The topological polar surface area (TPSA) is 104 Å². The Balaban J connectivity index is 1.91. The number of carbonyl (C=O) groups excluding carboxylic acids is 1. The number of nitrogens with one attached hydrogen (secondary N) is 2. The van der Waals surface area contributed by atoms with Crippen LogP contribution in [0, 0.1) is 0 Å². The normalized spacial score (nSPS) is 10.3. The van der Waals surface area contributed by atoms with Crippen molar-refractivity contribution < 1.29 is 14.7 Å². The van der Waals surface area contributed by atoms with E-state index < -0.39 is 6.09 Å². The third kappa shape index (κ3) is 4.08. The summed E-state index contributed by atoms with van der Waals surface area (Å²) in [6, 6.07) is 16.0. The molecular weight excluding hydrogens is 350 g/mol. The number of nitrogens with two attached hydrogens (primary N) is 1. The number of thiophene rings is 1. The number of carboxylic acid groups (broad SMARTS) is 1. The van der Waals surface area contributed by atoms with Crippen molar-refractivity contribution in [2.75, 3.05) is 10.6 Å². The van der Waals surface area contributed by atoms with E-state index >= 15 is 0 Å². The van der Waals surface area contributed by atoms with E-state index in [-0.39, 0.29) is 5.91 Å². The second kappa shape index (κ2) is 7.81. The van der Waals surface area contributed by atoms with Gasteiger partial charge in [-0.15, -0.1) is 11.3 Å².